The Morgan fingerprint density at radius 3 is 2.37 bits per heavy atom. The molecule has 1 unspecified atom stereocenters. The molecule has 0 amide bonds. The van der Waals surface area contributed by atoms with Crippen LogP contribution in [0.15, 0.2) is 58.6 Å². The van der Waals surface area contributed by atoms with Crippen LogP contribution in [0.5, 0.6) is 0 Å². The maximum Gasteiger partial charge on any atom is 0.423 e. The zero-order valence-corrected chi connectivity index (χ0v) is 19.7. The lowest BCUT2D eigenvalue weighted by molar-refractivity contribution is -0.138. The predicted octanol–water partition coefficient (Wildman–Crippen LogP) is 4.86. The van der Waals surface area contributed by atoms with Crippen molar-refractivity contribution >= 4 is 16.5 Å². The number of aromatic amines is 1. The maximum atomic E-state index is 13.2. The molecule has 0 aliphatic rings. The van der Waals surface area contributed by atoms with Crippen molar-refractivity contribution in [3.05, 3.63) is 80.9 Å². The highest BCUT2D eigenvalue weighted by Crippen LogP contribution is 2.32. The molecule has 0 aromatic carbocycles. The Labute approximate surface area is 210 Å². The number of nitrogens with zero attached hydrogens (tertiary/aromatic N) is 4. The fourth-order valence-electron chi connectivity index (χ4n) is 3.90. The minimum absolute atomic E-state index is 0.217. The molecule has 2 N–H and O–H groups in total. The van der Waals surface area contributed by atoms with Crippen LogP contribution in [0.25, 0.3) is 22.2 Å². The van der Waals surface area contributed by atoms with Crippen molar-refractivity contribution in [3.63, 3.8) is 0 Å². The van der Waals surface area contributed by atoms with Crippen LogP contribution in [-0.2, 0) is 18.9 Å². The second-order valence-electron chi connectivity index (χ2n) is 8.57. The summed E-state index contributed by atoms with van der Waals surface area (Å²) >= 11 is 0. The number of anilines is 1. The third-order valence-corrected chi connectivity index (χ3v) is 5.79. The van der Waals surface area contributed by atoms with Crippen molar-refractivity contribution in [1.29, 1.82) is 0 Å². The van der Waals surface area contributed by atoms with Crippen molar-refractivity contribution in [3.8, 4) is 11.4 Å². The van der Waals surface area contributed by atoms with E-state index in [1.54, 1.807) is 30.4 Å². The van der Waals surface area contributed by atoms with E-state index < -0.39 is 40.8 Å². The van der Waals surface area contributed by atoms with Gasteiger partial charge in [-0.2, -0.15) is 31.4 Å². The number of aromatic nitrogens is 5. The van der Waals surface area contributed by atoms with E-state index in [0.717, 1.165) is 12.3 Å². The molecule has 0 aliphatic heterocycles. The molecule has 0 aliphatic carbocycles. The van der Waals surface area contributed by atoms with E-state index >= 15 is 0 Å². The highest BCUT2D eigenvalue weighted by molar-refractivity contribution is 5.83. The molecular weight excluding hydrogens is 518 g/mol. The highest BCUT2D eigenvalue weighted by atomic mass is 19.4. The first-order valence-electron chi connectivity index (χ1n) is 11.3. The summed E-state index contributed by atoms with van der Waals surface area (Å²) in [6.45, 7) is 1.91. The highest BCUT2D eigenvalue weighted by Gasteiger charge is 2.37. The number of rotatable bonds is 7. The second kappa shape index (κ2) is 10.3. The smallest absolute Gasteiger partial charge is 0.381 e. The molecule has 14 heteroatoms. The van der Waals surface area contributed by atoms with Gasteiger partial charge in [0.05, 0.1) is 34.2 Å². The molecule has 4 heterocycles. The molecule has 0 saturated carbocycles. The number of hydrogen-bond acceptors (Lipinski definition) is 6. The molecule has 0 radical (unpaired) electrons. The van der Waals surface area contributed by atoms with Gasteiger partial charge in [0.1, 0.15) is 5.56 Å². The quantitative estimate of drug-likeness (QED) is 0.326. The topological polar surface area (TPSA) is 106 Å². The van der Waals surface area contributed by atoms with Gasteiger partial charge in [-0.15, -0.1) is 0 Å². The molecule has 200 valence electrons. The Morgan fingerprint density at radius 1 is 0.974 bits per heavy atom. The number of H-pyrrole nitrogens is 1. The Morgan fingerprint density at radius 2 is 1.71 bits per heavy atom. The molecule has 1 atom stereocenters. The largest absolute Gasteiger partial charge is 0.423 e. The van der Waals surface area contributed by atoms with Crippen molar-refractivity contribution in [2.45, 2.75) is 44.7 Å². The van der Waals surface area contributed by atoms with Crippen LogP contribution in [0.3, 0.4) is 0 Å². The first-order chi connectivity index (χ1) is 17.8. The lowest BCUT2D eigenvalue weighted by Gasteiger charge is -2.18. The van der Waals surface area contributed by atoms with Gasteiger partial charge < -0.3 is 9.88 Å². The van der Waals surface area contributed by atoms with Crippen LogP contribution in [0.2, 0.25) is 0 Å². The summed E-state index contributed by atoms with van der Waals surface area (Å²) in [5.41, 5.74) is -3.84. The van der Waals surface area contributed by atoms with Crippen molar-refractivity contribution < 1.29 is 26.3 Å². The van der Waals surface area contributed by atoms with Crippen LogP contribution in [0.1, 0.15) is 30.9 Å². The normalized spacial score (nSPS) is 13.0. The van der Waals surface area contributed by atoms with Crippen LogP contribution in [0, 0.1) is 0 Å². The first kappa shape index (κ1) is 26.8. The van der Waals surface area contributed by atoms with Gasteiger partial charge in [-0.3, -0.25) is 19.6 Å². The van der Waals surface area contributed by atoms with E-state index in [0.29, 0.717) is 35.5 Å². The van der Waals surface area contributed by atoms with Gasteiger partial charge in [0.15, 0.2) is 0 Å². The zero-order chi connectivity index (χ0) is 27.7. The summed E-state index contributed by atoms with van der Waals surface area (Å²) < 4.78 is 79.4. The van der Waals surface area contributed by atoms with E-state index in [4.69, 9.17) is 0 Å². The molecule has 38 heavy (non-hydrogen) atoms. The van der Waals surface area contributed by atoms with Gasteiger partial charge in [-0.1, -0.05) is 0 Å². The van der Waals surface area contributed by atoms with Gasteiger partial charge >= 0.3 is 12.4 Å². The number of pyridine rings is 3. The zero-order valence-electron chi connectivity index (χ0n) is 19.7. The van der Waals surface area contributed by atoms with Crippen LogP contribution in [0.4, 0.5) is 32.0 Å². The summed E-state index contributed by atoms with van der Waals surface area (Å²) in [7, 11) is 0. The van der Waals surface area contributed by atoms with E-state index in [1.165, 1.54) is 16.8 Å². The lowest BCUT2D eigenvalue weighted by atomic mass is 10.1. The second-order valence-corrected chi connectivity index (χ2v) is 8.57. The van der Waals surface area contributed by atoms with E-state index in [1.807, 2.05) is 0 Å². The van der Waals surface area contributed by atoms with Gasteiger partial charge in [0, 0.05) is 31.2 Å². The summed E-state index contributed by atoms with van der Waals surface area (Å²) in [6.07, 6.45) is -4.06. The summed E-state index contributed by atoms with van der Waals surface area (Å²) in [6, 6.07) is 4.85. The first-order valence-corrected chi connectivity index (χ1v) is 11.3. The van der Waals surface area contributed by atoms with E-state index in [2.05, 4.69) is 20.4 Å². The molecule has 0 saturated heterocycles. The number of aryl methyl sites for hydroxylation is 1. The number of alkyl halides is 6. The van der Waals surface area contributed by atoms with Crippen LogP contribution < -0.4 is 16.4 Å². The molecule has 4 rings (SSSR count). The Hall–Kier alpha value is -4.23. The molecule has 0 spiro atoms. The Bertz CT molecular complexity index is 1560. The molecular formula is C24H20F6N6O2. The lowest BCUT2D eigenvalue weighted by Crippen LogP contribution is -2.27. The summed E-state index contributed by atoms with van der Waals surface area (Å²) in [4.78, 5) is 32.5. The van der Waals surface area contributed by atoms with Gasteiger partial charge in [-0.05, 0) is 49.4 Å². The van der Waals surface area contributed by atoms with Crippen molar-refractivity contribution in [1.82, 2.24) is 24.7 Å². The molecule has 0 fully saturated rings. The molecule has 4 aromatic heterocycles. The van der Waals surface area contributed by atoms with Gasteiger partial charge in [0.25, 0.3) is 11.1 Å². The fourth-order valence-corrected chi connectivity index (χ4v) is 3.90. The standard InChI is InChI=1S/C24H20F6N6O2/c1-13(34-19-12-33-35-21(37)20(19)24(28,29)30)3-2-7-36-8-6-14-9-18(32-11-16(14)22(36)38)17-5-4-15(10-31-17)23(25,26)27/h4-6,8-13H,2-3,7H2,1H3,(H2,34,35,37). The third-order valence-electron chi connectivity index (χ3n) is 5.79. The number of halogens is 6. The molecule has 4 aromatic rings. The number of fused-ring (bicyclic) bond motifs is 1. The minimum Gasteiger partial charge on any atom is -0.381 e. The van der Waals surface area contributed by atoms with Crippen LogP contribution >= 0.6 is 0 Å². The maximum absolute atomic E-state index is 13.2. The summed E-state index contributed by atoms with van der Waals surface area (Å²) in [5, 5.41) is 8.66. The molecule has 8 nitrogen and oxygen atoms in total. The van der Waals surface area contributed by atoms with Crippen molar-refractivity contribution in [2.24, 2.45) is 0 Å². The summed E-state index contributed by atoms with van der Waals surface area (Å²) in [5.74, 6) is 0. The third kappa shape index (κ3) is 5.84. The fraction of sp³-hybridized carbons (Fsp3) is 0.292. The Balaban J connectivity index is 1.43. The molecule has 0 bridgehead atoms. The van der Waals surface area contributed by atoms with Gasteiger partial charge in [0.2, 0.25) is 0 Å². The van der Waals surface area contributed by atoms with E-state index in [-0.39, 0.29) is 17.8 Å². The van der Waals surface area contributed by atoms with Crippen molar-refractivity contribution in [2.75, 3.05) is 5.32 Å². The van der Waals surface area contributed by atoms with E-state index in [9.17, 15) is 35.9 Å². The van der Waals surface area contributed by atoms with Gasteiger partial charge in [-0.25, -0.2) is 5.10 Å². The monoisotopic (exact) mass is 538 g/mol. The Kier molecular flexibility index (Phi) is 7.24. The average Bonchev–Trinajstić information content (AvgIpc) is 2.84. The van der Waals surface area contributed by atoms with Crippen LogP contribution in [-0.4, -0.2) is 30.8 Å². The average molecular weight is 538 g/mol. The number of nitrogens with one attached hydrogen (secondary N) is 2. The predicted molar refractivity (Wildman–Crippen MR) is 126 cm³/mol. The number of hydrogen-bond donors (Lipinski definition) is 2. The SMILES string of the molecule is CC(CCCn1ccc2cc(-c3ccc(C(F)(F)F)cn3)ncc2c1=O)Nc1cn[nH]c(=O)c1C(F)(F)F. The minimum atomic E-state index is -4.85.